The number of halogens is 2. The molecule has 0 saturated heterocycles. The van der Waals surface area contributed by atoms with Gasteiger partial charge in [0.05, 0.1) is 0 Å². The van der Waals surface area contributed by atoms with E-state index >= 15 is 0 Å². The topological polar surface area (TPSA) is 44.9 Å². The zero-order valence-corrected chi connectivity index (χ0v) is 11.9. The van der Waals surface area contributed by atoms with Gasteiger partial charge in [-0.25, -0.2) is 8.78 Å². The van der Waals surface area contributed by atoms with Gasteiger partial charge in [-0.2, -0.15) is 0 Å². The fourth-order valence-corrected chi connectivity index (χ4v) is 2.44. The number of hydrogen-bond donors (Lipinski definition) is 2. The molecule has 0 aliphatic heterocycles. The van der Waals surface area contributed by atoms with Crippen LogP contribution in [0.3, 0.4) is 0 Å². The van der Waals surface area contributed by atoms with Crippen LogP contribution >= 0.6 is 0 Å². The monoisotopic (exact) mass is 300 g/mol. The molecule has 3 rings (SSSR count). The number of nitrogens with one attached hydrogen (secondary N) is 2. The molecule has 2 N–H and O–H groups in total. The maximum absolute atomic E-state index is 13.5. The van der Waals surface area contributed by atoms with Crippen LogP contribution in [-0.2, 0) is 6.54 Å². The van der Waals surface area contributed by atoms with Crippen molar-refractivity contribution in [3.05, 3.63) is 70.9 Å². The summed E-state index contributed by atoms with van der Waals surface area (Å²) in [7, 11) is 0. The van der Waals surface area contributed by atoms with Crippen LogP contribution in [0.15, 0.2) is 42.5 Å². The van der Waals surface area contributed by atoms with Gasteiger partial charge in [0.25, 0.3) is 5.91 Å². The summed E-state index contributed by atoms with van der Waals surface area (Å²) in [6.45, 7) is 1.88. The van der Waals surface area contributed by atoms with Crippen LogP contribution < -0.4 is 5.32 Å². The molecule has 22 heavy (non-hydrogen) atoms. The van der Waals surface area contributed by atoms with Crippen molar-refractivity contribution in [2.24, 2.45) is 0 Å². The van der Waals surface area contributed by atoms with Crippen LogP contribution in [0.2, 0.25) is 0 Å². The summed E-state index contributed by atoms with van der Waals surface area (Å²) in [5, 5.41) is 3.46. The van der Waals surface area contributed by atoms with Crippen LogP contribution in [0.4, 0.5) is 8.78 Å². The number of aryl methyl sites for hydroxylation is 1. The van der Waals surface area contributed by atoms with Gasteiger partial charge in [0.2, 0.25) is 0 Å². The molecule has 112 valence electrons. The highest BCUT2D eigenvalue weighted by Gasteiger charge is 2.15. The number of H-pyrrole nitrogens is 1. The predicted octanol–water partition coefficient (Wildman–Crippen LogP) is 3.68. The van der Waals surface area contributed by atoms with E-state index in [4.69, 9.17) is 0 Å². The molecule has 3 aromatic rings. The molecule has 1 amide bonds. The highest BCUT2D eigenvalue weighted by molar-refractivity contribution is 6.00. The molecule has 0 aliphatic carbocycles. The van der Waals surface area contributed by atoms with Crippen LogP contribution in [-0.4, -0.2) is 10.9 Å². The number of hydrogen-bond acceptors (Lipinski definition) is 1. The van der Waals surface area contributed by atoms with E-state index in [2.05, 4.69) is 10.3 Å². The molecule has 1 heterocycles. The Morgan fingerprint density at radius 2 is 1.95 bits per heavy atom. The Balaban J connectivity index is 1.83. The van der Waals surface area contributed by atoms with Gasteiger partial charge in [-0.15, -0.1) is 0 Å². The van der Waals surface area contributed by atoms with Gasteiger partial charge in [0, 0.05) is 23.0 Å². The number of aromatic nitrogens is 1. The summed E-state index contributed by atoms with van der Waals surface area (Å²) >= 11 is 0. The van der Waals surface area contributed by atoms with E-state index in [9.17, 15) is 13.6 Å². The van der Waals surface area contributed by atoms with Gasteiger partial charge in [0.15, 0.2) is 0 Å². The van der Waals surface area contributed by atoms with Crippen LogP contribution in [0.1, 0.15) is 21.6 Å². The molecule has 0 aliphatic rings. The Bertz CT molecular complexity index is 855. The Kier molecular flexibility index (Phi) is 3.63. The standard InChI is InChI=1S/C17H14F2N2O/c1-10-13-7-6-12(18)8-15(13)21-16(10)17(22)20-9-11-4-2-3-5-14(11)19/h2-8,21H,9H2,1H3,(H,20,22). The van der Waals surface area contributed by atoms with Crippen LogP contribution in [0.25, 0.3) is 10.9 Å². The molecular weight excluding hydrogens is 286 g/mol. The molecule has 0 unspecified atom stereocenters. The number of rotatable bonds is 3. The third-order valence-electron chi connectivity index (χ3n) is 3.64. The van der Waals surface area contributed by atoms with Gasteiger partial charge in [-0.1, -0.05) is 18.2 Å². The highest BCUT2D eigenvalue weighted by Crippen LogP contribution is 2.22. The summed E-state index contributed by atoms with van der Waals surface area (Å²) in [5.74, 6) is -1.08. The van der Waals surface area contributed by atoms with E-state index in [0.717, 1.165) is 10.9 Å². The predicted molar refractivity (Wildman–Crippen MR) is 80.6 cm³/mol. The van der Waals surface area contributed by atoms with Crippen molar-refractivity contribution in [3.63, 3.8) is 0 Å². The Hall–Kier alpha value is -2.69. The van der Waals surface area contributed by atoms with E-state index in [1.807, 2.05) is 0 Å². The van der Waals surface area contributed by atoms with Gasteiger partial charge >= 0.3 is 0 Å². The summed E-state index contributed by atoms with van der Waals surface area (Å²) < 4.78 is 26.8. The second kappa shape index (κ2) is 5.60. The van der Waals surface area contributed by atoms with Crippen molar-refractivity contribution in [2.45, 2.75) is 13.5 Å². The van der Waals surface area contributed by atoms with Crippen molar-refractivity contribution in [1.29, 1.82) is 0 Å². The molecule has 5 heteroatoms. The normalized spacial score (nSPS) is 10.9. The SMILES string of the molecule is Cc1c(C(=O)NCc2ccccc2F)[nH]c2cc(F)ccc12. The lowest BCUT2D eigenvalue weighted by molar-refractivity contribution is 0.0946. The molecule has 0 spiro atoms. The third kappa shape index (κ3) is 2.57. The number of aromatic amines is 1. The van der Waals surface area contributed by atoms with Crippen molar-refractivity contribution in [3.8, 4) is 0 Å². The highest BCUT2D eigenvalue weighted by atomic mass is 19.1. The molecule has 0 saturated carbocycles. The lowest BCUT2D eigenvalue weighted by Gasteiger charge is -2.06. The summed E-state index contributed by atoms with van der Waals surface area (Å²) in [6, 6.07) is 10.6. The van der Waals surface area contributed by atoms with E-state index in [0.29, 0.717) is 16.8 Å². The molecule has 2 aromatic carbocycles. The largest absolute Gasteiger partial charge is 0.350 e. The molecule has 0 bridgehead atoms. The summed E-state index contributed by atoms with van der Waals surface area (Å²) in [5.41, 5.74) is 2.07. The maximum atomic E-state index is 13.5. The zero-order valence-electron chi connectivity index (χ0n) is 11.9. The van der Waals surface area contributed by atoms with E-state index in [1.54, 1.807) is 31.2 Å². The molecule has 3 nitrogen and oxygen atoms in total. The first-order valence-electron chi connectivity index (χ1n) is 6.85. The van der Waals surface area contributed by atoms with Crippen LogP contribution in [0.5, 0.6) is 0 Å². The molecular formula is C17H14F2N2O. The van der Waals surface area contributed by atoms with Crippen molar-refractivity contribution in [1.82, 2.24) is 10.3 Å². The average Bonchev–Trinajstić information content (AvgIpc) is 2.82. The van der Waals surface area contributed by atoms with E-state index in [1.165, 1.54) is 18.2 Å². The van der Waals surface area contributed by atoms with Crippen molar-refractivity contribution in [2.75, 3.05) is 0 Å². The number of carbonyl (C=O) groups is 1. The van der Waals surface area contributed by atoms with Gasteiger partial charge in [-0.3, -0.25) is 4.79 Å². The number of benzene rings is 2. The third-order valence-corrected chi connectivity index (χ3v) is 3.64. The molecule has 0 fully saturated rings. The van der Waals surface area contributed by atoms with Crippen LogP contribution in [0, 0.1) is 18.6 Å². The smallest absolute Gasteiger partial charge is 0.268 e. The molecule has 0 radical (unpaired) electrons. The lowest BCUT2D eigenvalue weighted by Crippen LogP contribution is -2.24. The lowest BCUT2D eigenvalue weighted by atomic mass is 10.1. The maximum Gasteiger partial charge on any atom is 0.268 e. The first kappa shape index (κ1) is 14.3. The Morgan fingerprint density at radius 1 is 1.18 bits per heavy atom. The quantitative estimate of drug-likeness (QED) is 0.761. The first-order chi connectivity index (χ1) is 10.6. The average molecular weight is 300 g/mol. The van der Waals surface area contributed by atoms with Crippen molar-refractivity contribution >= 4 is 16.8 Å². The minimum absolute atomic E-state index is 0.0919. The Labute approximate surface area is 126 Å². The second-order valence-corrected chi connectivity index (χ2v) is 5.09. The van der Waals surface area contributed by atoms with Gasteiger partial charge in [-0.05, 0) is 36.8 Å². The number of fused-ring (bicyclic) bond motifs is 1. The minimum Gasteiger partial charge on any atom is -0.350 e. The van der Waals surface area contributed by atoms with Gasteiger partial charge < -0.3 is 10.3 Å². The Morgan fingerprint density at radius 3 is 2.73 bits per heavy atom. The number of amides is 1. The van der Waals surface area contributed by atoms with E-state index in [-0.39, 0.29) is 24.1 Å². The van der Waals surface area contributed by atoms with E-state index < -0.39 is 0 Å². The molecule has 1 aromatic heterocycles. The fourth-order valence-electron chi connectivity index (χ4n) is 2.44. The minimum atomic E-state index is -0.368. The first-order valence-corrected chi connectivity index (χ1v) is 6.85. The summed E-state index contributed by atoms with van der Waals surface area (Å²) in [6.07, 6.45) is 0. The molecule has 0 atom stereocenters. The summed E-state index contributed by atoms with van der Waals surface area (Å²) in [4.78, 5) is 15.2. The fraction of sp³-hybridized carbons (Fsp3) is 0.118. The van der Waals surface area contributed by atoms with Crippen molar-refractivity contribution < 1.29 is 13.6 Å². The van der Waals surface area contributed by atoms with Gasteiger partial charge in [0.1, 0.15) is 17.3 Å². The zero-order chi connectivity index (χ0) is 15.7. The number of carbonyl (C=O) groups excluding carboxylic acids is 1. The second-order valence-electron chi connectivity index (χ2n) is 5.09.